The second-order valence-electron chi connectivity index (χ2n) is 5.82. The molecule has 0 fully saturated rings. The van der Waals surface area contributed by atoms with Gasteiger partial charge in [-0.25, -0.2) is 5.48 Å². The third-order valence-electron chi connectivity index (χ3n) is 3.51. The maximum atomic E-state index is 12.4. The molecule has 110 valence electrons. The second kappa shape index (κ2) is 7.20. The van der Waals surface area contributed by atoms with E-state index in [2.05, 4.69) is 0 Å². The summed E-state index contributed by atoms with van der Waals surface area (Å²) in [4.78, 5) is 23.3. The predicted molar refractivity (Wildman–Crippen MR) is 77.7 cm³/mol. The molecular formula is C16H23NO3. The first kappa shape index (κ1) is 16.4. The molecule has 0 aliphatic heterocycles. The lowest BCUT2D eigenvalue weighted by atomic mass is 9.79. The van der Waals surface area contributed by atoms with Gasteiger partial charge in [0.1, 0.15) is 0 Å². The van der Waals surface area contributed by atoms with Crippen LogP contribution in [-0.4, -0.2) is 16.9 Å². The quantitative estimate of drug-likeness (QED) is 0.348. The molecule has 0 saturated carbocycles. The van der Waals surface area contributed by atoms with Crippen LogP contribution in [0.3, 0.4) is 0 Å². The molecule has 1 amide bonds. The third-order valence-corrected chi connectivity index (χ3v) is 3.51. The highest BCUT2D eigenvalue weighted by Crippen LogP contribution is 2.28. The molecule has 4 heteroatoms. The van der Waals surface area contributed by atoms with Gasteiger partial charge in [-0.3, -0.25) is 14.8 Å². The first-order valence-corrected chi connectivity index (χ1v) is 6.91. The lowest BCUT2D eigenvalue weighted by molar-refractivity contribution is -0.129. The van der Waals surface area contributed by atoms with E-state index in [9.17, 15) is 9.59 Å². The monoisotopic (exact) mass is 277 g/mol. The molecule has 0 radical (unpaired) electrons. The molecule has 0 heterocycles. The number of hydrogen-bond donors (Lipinski definition) is 2. The Hall–Kier alpha value is -1.68. The van der Waals surface area contributed by atoms with Crippen LogP contribution in [0.15, 0.2) is 24.3 Å². The van der Waals surface area contributed by atoms with Crippen molar-refractivity contribution in [3.05, 3.63) is 35.4 Å². The van der Waals surface area contributed by atoms with Crippen LogP contribution in [0.5, 0.6) is 0 Å². The number of hydrogen-bond acceptors (Lipinski definition) is 3. The molecule has 1 aromatic rings. The summed E-state index contributed by atoms with van der Waals surface area (Å²) < 4.78 is 0. The second-order valence-corrected chi connectivity index (χ2v) is 5.82. The van der Waals surface area contributed by atoms with E-state index in [-0.39, 0.29) is 18.1 Å². The minimum absolute atomic E-state index is 0.129. The van der Waals surface area contributed by atoms with E-state index in [0.29, 0.717) is 6.42 Å². The zero-order valence-electron chi connectivity index (χ0n) is 12.4. The summed E-state index contributed by atoms with van der Waals surface area (Å²) in [5.74, 6) is -0.253. The number of amides is 1. The Morgan fingerprint density at radius 2 is 1.75 bits per heavy atom. The number of rotatable bonds is 7. The summed E-state index contributed by atoms with van der Waals surface area (Å²) in [6, 6.07) is 7.60. The van der Waals surface area contributed by atoms with Gasteiger partial charge in [-0.15, -0.1) is 0 Å². The van der Waals surface area contributed by atoms with E-state index in [1.54, 1.807) is 5.48 Å². The highest BCUT2D eigenvalue weighted by Gasteiger charge is 2.27. The summed E-state index contributed by atoms with van der Waals surface area (Å²) in [6.07, 6.45) is 2.44. The van der Waals surface area contributed by atoms with Crippen LogP contribution in [0, 0.1) is 12.3 Å². The van der Waals surface area contributed by atoms with Gasteiger partial charge in [0.15, 0.2) is 5.78 Å². The normalized spacial score (nSPS) is 11.2. The van der Waals surface area contributed by atoms with Gasteiger partial charge >= 0.3 is 0 Å². The molecule has 0 aliphatic carbocycles. The minimum atomic E-state index is -0.440. The average molecular weight is 277 g/mol. The van der Waals surface area contributed by atoms with Gasteiger partial charge in [0.05, 0.1) is 0 Å². The maximum Gasteiger partial charge on any atom is 0.243 e. The number of nitrogens with one attached hydrogen (secondary N) is 1. The van der Waals surface area contributed by atoms with Crippen molar-refractivity contribution in [2.75, 3.05) is 0 Å². The largest absolute Gasteiger partial charge is 0.294 e. The van der Waals surface area contributed by atoms with E-state index in [1.807, 2.05) is 45.0 Å². The summed E-state index contributed by atoms with van der Waals surface area (Å²) >= 11 is 0. The average Bonchev–Trinajstić information content (AvgIpc) is 2.43. The topological polar surface area (TPSA) is 66.4 Å². The molecule has 0 saturated heterocycles. The van der Waals surface area contributed by atoms with Crippen molar-refractivity contribution in [2.45, 2.75) is 46.5 Å². The fourth-order valence-corrected chi connectivity index (χ4v) is 2.12. The van der Waals surface area contributed by atoms with Crippen molar-refractivity contribution >= 4 is 11.7 Å². The Labute approximate surface area is 120 Å². The molecule has 0 bridgehead atoms. The number of Topliss-reactive ketones (excluding diaryl/α,β-unsaturated/α-hetero) is 1. The van der Waals surface area contributed by atoms with E-state index in [4.69, 9.17) is 5.21 Å². The van der Waals surface area contributed by atoms with Gasteiger partial charge in [-0.05, 0) is 19.8 Å². The molecule has 20 heavy (non-hydrogen) atoms. The molecule has 0 spiro atoms. The molecule has 1 rings (SSSR count). The van der Waals surface area contributed by atoms with Crippen molar-refractivity contribution in [3.8, 4) is 0 Å². The Kier molecular flexibility index (Phi) is 5.89. The minimum Gasteiger partial charge on any atom is -0.294 e. The Morgan fingerprint density at radius 3 is 2.30 bits per heavy atom. The number of aryl methyl sites for hydroxylation is 1. The Balaban J connectivity index is 2.53. The Morgan fingerprint density at radius 1 is 1.15 bits per heavy atom. The number of hydroxylamine groups is 1. The first-order valence-electron chi connectivity index (χ1n) is 6.91. The van der Waals surface area contributed by atoms with Crippen molar-refractivity contribution in [3.63, 3.8) is 0 Å². The number of carbonyl (C=O) groups excluding carboxylic acids is 2. The maximum absolute atomic E-state index is 12.4. The smallest absolute Gasteiger partial charge is 0.243 e. The first-order chi connectivity index (χ1) is 9.36. The van der Waals surface area contributed by atoms with E-state index in [0.717, 1.165) is 24.0 Å². The van der Waals surface area contributed by atoms with Gasteiger partial charge < -0.3 is 0 Å². The lowest BCUT2D eigenvalue weighted by Crippen LogP contribution is -2.24. The summed E-state index contributed by atoms with van der Waals surface area (Å²) in [7, 11) is 0. The van der Waals surface area contributed by atoms with E-state index >= 15 is 0 Å². The van der Waals surface area contributed by atoms with Crippen LogP contribution in [0.2, 0.25) is 0 Å². The zero-order valence-corrected chi connectivity index (χ0v) is 12.4. The van der Waals surface area contributed by atoms with Crippen LogP contribution >= 0.6 is 0 Å². The fourth-order valence-electron chi connectivity index (χ4n) is 2.12. The summed E-state index contributed by atoms with van der Waals surface area (Å²) in [5.41, 5.74) is 3.04. The van der Waals surface area contributed by atoms with Crippen molar-refractivity contribution in [2.24, 2.45) is 5.41 Å². The summed E-state index contributed by atoms with van der Waals surface area (Å²) in [6.45, 7) is 5.86. The van der Waals surface area contributed by atoms with Gasteiger partial charge in [-0.2, -0.15) is 0 Å². The number of carbonyl (C=O) groups is 2. The Bertz CT molecular complexity index is 463. The molecule has 0 unspecified atom stereocenters. The number of ketones is 1. The molecule has 0 aromatic heterocycles. The zero-order chi connectivity index (χ0) is 15.2. The van der Waals surface area contributed by atoms with Crippen molar-refractivity contribution < 1.29 is 14.8 Å². The molecule has 4 nitrogen and oxygen atoms in total. The van der Waals surface area contributed by atoms with Crippen molar-refractivity contribution in [1.29, 1.82) is 0 Å². The van der Waals surface area contributed by atoms with Crippen LogP contribution in [0.1, 0.15) is 55.5 Å². The van der Waals surface area contributed by atoms with Gasteiger partial charge in [0, 0.05) is 17.4 Å². The molecule has 0 aliphatic rings. The highest BCUT2D eigenvalue weighted by molar-refractivity contribution is 6.00. The van der Waals surface area contributed by atoms with Crippen LogP contribution in [0.25, 0.3) is 0 Å². The van der Waals surface area contributed by atoms with E-state index < -0.39 is 5.41 Å². The van der Waals surface area contributed by atoms with Gasteiger partial charge in [0.25, 0.3) is 0 Å². The number of unbranched alkanes of at least 4 members (excludes halogenated alkanes) is 1. The SMILES string of the molecule is Cc1ccc(C(=O)C(C)(C)CCCCC(=O)NO)cc1. The van der Waals surface area contributed by atoms with Gasteiger partial charge in [0.2, 0.25) is 5.91 Å². The third kappa shape index (κ3) is 4.78. The summed E-state index contributed by atoms with van der Waals surface area (Å²) in [5, 5.41) is 8.40. The van der Waals surface area contributed by atoms with Crippen LogP contribution in [-0.2, 0) is 4.79 Å². The fraction of sp³-hybridized carbons (Fsp3) is 0.500. The molecule has 0 atom stereocenters. The van der Waals surface area contributed by atoms with Crippen LogP contribution in [0.4, 0.5) is 0 Å². The standard InChI is InChI=1S/C16H23NO3/c1-12-7-9-13(10-8-12)15(19)16(2,3)11-5-4-6-14(18)17-20/h7-10,20H,4-6,11H2,1-3H3,(H,17,18). The van der Waals surface area contributed by atoms with Crippen LogP contribution < -0.4 is 5.48 Å². The number of benzene rings is 1. The molecule has 2 N–H and O–H groups in total. The van der Waals surface area contributed by atoms with Crippen molar-refractivity contribution in [1.82, 2.24) is 5.48 Å². The lowest BCUT2D eigenvalue weighted by Gasteiger charge is -2.23. The molecular weight excluding hydrogens is 254 g/mol. The van der Waals surface area contributed by atoms with E-state index in [1.165, 1.54) is 0 Å². The molecule has 1 aromatic carbocycles. The predicted octanol–water partition coefficient (Wildman–Crippen LogP) is 3.27. The van der Waals surface area contributed by atoms with Gasteiger partial charge in [-0.1, -0.05) is 50.1 Å². The highest BCUT2D eigenvalue weighted by atomic mass is 16.5.